The molecule has 0 radical (unpaired) electrons. The molecule has 0 N–H and O–H groups in total. The molecule has 0 saturated carbocycles. The van der Waals surface area contributed by atoms with Crippen molar-refractivity contribution >= 4 is 0 Å². The summed E-state index contributed by atoms with van der Waals surface area (Å²) in [6.07, 6.45) is 6.24. The molecule has 0 heterocycles. The molecule has 0 amide bonds. The number of allylic oxidation sites excluding steroid dienone is 1. The highest BCUT2D eigenvalue weighted by Gasteiger charge is 2.37. The molecule has 3 aromatic carbocycles. The molecule has 32 heavy (non-hydrogen) atoms. The van der Waals surface area contributed by atoms with Gasteiger partial charge in [-0.1, -0.05) is 110 Å². The van der Waals surface area contributed by atoms with Crippen LogP contribution in [0.15, 0.2) is 103 Å². The Morgan fingerprint density at radius 3 is 1.72 bits per heavy atom. The molecule has 0 aromatic heterocycles. The summed E-state index contributed by atoms with van der Waals surface area (Å²) in [7, 11) is 1.64. The molecule has 0 aliphatic heterocycles. The van der Waals surface area contributed by atoms with Crippen LogP contribution >= 0.6 is 0 Å². The zero-order valence-corrected chi connectivity index (χ0v) is 19.2. The fraction of sp³-hybridized carbons (Fsp3) is 0.310. The molecular weight excluding hydrogens is 396 g/mol. The predicted octanol–water partition coefficient (Wildman–Crippen LogP) is 6.59. The minimum atomic E-state index is -0.657. The van der Waals surface area contributed by atoms with Crippen molar-refractivity contribution in [2.24, 2.45) is 5.92 Å². The topological polar surface area (TPSA) is 27.7 Å². The van der Waals surface area contributed by atoms with E-state index in [0.29, 0.717) is 25.9 Å². The van der Waals surface area contributed by atoms with Gasteiger partial charge in [0.1, 0.15) is 12.4 Å². The average Bonchev–Trinajstić information content (AvgIpc) is 2.86. The summed E-state index contributed by atoms with van der Waals surface area (Å²) in [6, 6.07) is 31.6. The molecular formula is C29H34O3. The Hall–Kier alpha value is -2.72. The molecule has 3 heteroatoms. The summed E-state index contributed by atoms with van der Waals surface area (Å²) in [5.74, 6) is 0.377. The maximum absolute atomic E-state index is 6.88. The molecule has 3 rings (SSSR count). The van der Waals surface area contributed by atoms with Crippen LogP contribution in [0.3, 0.4) is 0 Å². The van der Waals surface area contributed by atoms with Gasteiger partial charge in [-0.05, 0) is 35.4 Å². The monoisotopic (exact) mass is 430 g/mol. The van der Waals surface area contributed by atoms with Crippen LogP contribution in [0.1, 0.15) is 36.5 Å². The summed E-state index contributed by atoms with van der Waals surface area (Å²) in [5, 5.41) is 0. The molecule has 1 unspecified atom stereocenters. The molecule has 0 spiro atoms. The van der Waals surface area contributed by atoms with Gasteiger partial charge in [0.15, 0.2) is 0 Å². The Bertz CT molecular complexity index is 810. The first-order chi connectivity index (χ1) is 15.8. The first-order valence-electron chi connectivity index (χ1n) is 11.3. The van der Waals surface area contributed by atoms with E-state index in [-0.39, 0.29) is 0 Å². The van der Waals surface area contributed by atoms with Crippen LogP contribution < -0.4 is 0 Å². The second-order valence-corrected chi connectivity index (χ2v) is 8.01. The number of methoxy groups -OCH3 is 1. The lowest BCUT2D eigenvalue weighted by Crippen LogP contribution is -2.34. The van der Waals surface area contributed by atoms with Crippen molar-refractivity contribution in [3.05, 3.63) is 120 Å². The third kappa shape index (κ3) is 6.39. The van der Waals surface area contributed by atoms with Crippen LogP contribution in [0.5, 0.6) is 0 Å². The average molecular weight is 431 g/mol. The van der Waals surface area contributed by atoms with Crippen molar-refractivity contribution in [2.45, 2.75) is 25.4 Å². The van der Waals surface area contributed by atoms with Crippen molar-refractivity contribution in [1.29, 1.82) is 0 Å². The Labute approximate surface area is 192 Å². The quantitative estimate of drug-likeness (QED) is 0.133. The van der Waals surface area contributed by atoms with Gasteiger partial charge in [-0.25, -0.2) is 0 Å². The molecule has 0 fully saturated rings. The van der Waals surface area contributed by atoms with E-state index in [1.165, 1.54) is 0 Å². The number of hydrogen-bond donors (Lipinski definition) is 0. The molecule has 0 saturated heterocycles. The second-order valence-electron chi connectivity index (χ2n) is 8.01. The van der Waals surface area contributed by atoms with Crippen molar-refractivity contribution in [2.75, 3.05) is 27.1 Å². The van der Waals surface area contributed by atoms with E-state index in [4.69, 9.17) is 14.2 Å². The highest BCUT2D eigenvalue weighted by Crippen LogP contribution is 2.40. The van der Waals surface area contributed by atoms with E-state index < -0.39 is 5.60 Å². The number of benzene rings is 3. The van der Waals surface area contributed by atoms with Crippen LogP contribution in [-0.4, -0.2) is 27.1 Å². The number of rotatable bonds is 13. The molecule has 0 aliphatic carbocycles. The van der Waals surface area contributed by atoms with E-state index in [9.17, 15) is 0 Å². The molecule has 3 nitrogen and oxygen atoms in total. The smallest absolute Gasteiger partial charge is 0.146 e. The Kier molecular flexibility index (Phi) is 9.70. The lowest BCUT2D eigenvalue weighted by molar-refractivity contribution is -0.0286. The van der Waals surface area contributed by atoms with Crippen LogP contribution in [0.2, 0.25) is 0 Å². The number of hydrogen-bond acceptors (Lipinski definition) is 3. The summed E-state index contributed by atoms with van der Waals surface area (Å²) >= 11 is 0. The van der Waals surface area contributed by atoms with Gasteiger partial charge in [0.05, 0.1) is 13.2 Å². The maximum atomic E-state index is 6.88. The Balaban J connectivity index is 1.80. The van der Waals surface area contributed by atoms with Gasteiger partial charge in [0.2, 0.25) is 0 Å². The predicted molar refractivity (Wildman–Crippen MR) is 131 cm³/mol. The first-order valence-corrected chi connectivity index (χ1v) is 11.3. The minimum Gasteiger partial charge on any atom is -0.361 e. The van der Waals surface area contributed by atoms with Crippen molar-refractivity contribution < 1.29 is 14.2 Å². The van der Waals surface area contributed by atoms with E-state index in [2.05, 4.69) is 91.9 Å². The van der Waals surface area contributed by atoms with Crippen molar-refractivity contribution in [3.8, 4) is 0 Å². The highest BCUT2D eigenvalue weighted by molar-refractivity contribution is 5.47. The lowest BCUT2D eigenvalue weighted by Gasteiger charge is -2.36. The zero-order valence-electron chi connectivity index (χ0n) is 19.2. The summed E-state index contributed by atoms with van der Waals surface area (Å²) in [6.45, 7) is 3.90. The third-order valence-corrected chi connectivity index (χ3v) is 5.46. The van der Waals surface area contributed by atoms with Gasteiger partial charge in [-0.15, -0.1) is 0 Å². The standard InChI is InChI=1S/C29H34O3/c1-25(15-7-6-14-22-31-24-30-2)23-32-29(26-16-8-3-9-17-26,27-18-10-4-11-19-27)28-20-12-5-13-21-28/h3-13,16-21,25H,14-15,22-24H2,1-2H3/b7-6-. The van der Waals surface area contributed by atoms with Crippen LogP contribution in [0, 0.1) is 5.92 Å². The molecule has 1 atom stereocenters. The van der Waals surface area contributed by atoms with Crippen LogP contribution in [-0.2, 0) is 19.8 Å². The van der Waals surface area contributed by atoms with Gasteiger partial charge >= 0.3 is 0 Å². The number of ether oxygens (including phenoxy) is 3. The fourth-order valence-corrected chi connectivity index (χ4v) is 3.84. The van der Waals surface area contributed by atoms with E-state index >= 15 is 0 Å². The van der Waals surface area contributed by atoms with Crippen LogP contribution in [0.25, 0.3) is 0 Å². The highest BCUT2D eigenvalue weighted by atomic mass is 16.7. The fourth-order valence-electron chi connectivity index (χ4n) is 3.84. The van der Waals surface area contributed by atoms with Gasteiger partial charge in [-0.3, -0.25) is 0 Å². The molecule has 0 aliphatic rings. The second kappa shape index (κ2) is 13.0. The van der Waals surface area contributed by atoms with Crippen LogP contribution in [0.4, 0.5) is 0 Å². The Morgan fingerprint density at radius 2 is 1.25 bits per heavy atom. The third-order valence-electron chi connectivity index (χ3n) is 5.46. The largest absolute Gasteiger partial charge is 0.361 e. The SMILES string of the molecule is COCOCC/C=C\CC(C)COC(c1ccccc1)(c1ccccc1)c1ccccc1. The minimum absolute atomic E-state index is 0.346. The zero-order chi connectivity index (χ0) is 22.5. The van der Waals surface area contributed by atoms with Crippen molar-refractivity contribution in [1.82, 2.24) is 0 Å². The molecule has 0 bridgehead atoms. The van der Waals surface area contributed by atoms with Gasteiger partial charge in [-0.2, -0.15) is 0 Å². The molecule has 3 aromatic rings. The van der Waals surface area contributed by atoms with Gasteiger partial charge in [0, 0.05) is 7.11 Å². The van der Waals surface area contributed by atoms with Gasteiger partial charge < -0.3 is 14.2 Å². The Morgan fingerprint density at radius 1 is 0.750 bits per heavy atom. The summed E-state index contributed by atoms with van der Waals surface area (Å²) in [5.41, 5.74) is 2.75. The lowest BCUT2D eigenvalue weighted by atomic mass is 9.80. The summed E-state index contributed by atoms with van der Waals surface area (Å²) in [4.78, 5) is 0. The van der Waals surface area contributed by atoms with Gasteiger partial charge in [0.25, 0.3) is 0 Å². The van der Waals surface area contributed by atoms with E-state index in [0.717, 1.165) is 29.5 Å². The van der Waals surface area contributed by atoms with Crippen molar-refractivity contribution in [3.63, 3.8) is 0 Å². The maximum Gasteiger partial charge on any atom is 0.146 e. The first kappa shape index (κ1) is 23.9. The van der Waals surface area contributed by atoms with E-state index in [1.807, 2.05) is 18.2 Å². The summed E-state index contributed by atoms with van der Waals surface area (Å²) < 4.78 is 17.1. The molecule has 168 valence electrons. The normalized spacial score (nSPS) is 12.8. The van der Waals surface area contributed by atoms with E-state index in [1.54, 1.807) is 7.11 Å².